The Morgan fingerprint density at radius 2 is 1.93 bits per heavy atom. The number of nitrogens with zero attached hydrogens (tertiary/aromatic N) is 3. The minimum atomic E-state index is -4.31. The molecule has 4 N–H and O–H groups in total. The molecule has 2 aromatic heterocycles. The summed E-state index contributed by atoms with van der Waals surface area (Å²) in [4.78, 5) is 12.9. The highest BCUT2D eigenvalue weighted by Gasteiger charge is 2.31. The summed E-state index contributed by atoms with van der Waals surface area (Å²) < 4.78 is 37.0. The van der Waals surface area contributed by atoms with Crippen LogP contribution in [0.2, 0.25) is 0 Å². The highest BCUT2D eigenvalue weighted by molar-refractivity contribution is 5.99. The van der Waals surface area contributed by atoms with Crippen LogP contribution >= 0.6 is 0 Å². The molecule has 1 aliphatic rings. The summed E-state index contributed by atoms with van der Waals surface area (Å²) in [5.74, 6) is 0.759. The Bertz CT molecular complexity index is 884. The number of amidine groups is 1. The van der Waals surface area contributed by atoms with Crippen molar-refractivity contribution in [2.45, 2.75) is 57.3 Å². The summed E-state index contributed by atoms with van der Waals surface area (Å²) in [6, 6.07) is 5.02. The van der Waals surface area contributed by atoms with Crippen LogP contribution in [0.1, 0.15) is 45.1 Å². The zero-order valence-corrected chi connectivity index (χ0v) is 16.5. The quantitative estimate of drug-likeness (QED) is 0.518. The lowest BCUT2D eigenvalue weighted by Gasteiger charge is -2.34. The van der Waals surface area contributed by atoms with Crippen molar-refractivity contribution in [2.75, 3.05) is 11.9 Å². The number of nitrogens with one attached hydrogen (secondary N) is 1. The number of anilines is 1. The predicted octanol–water partition coefficient (Wildman–Crippen LogP) is 3.64. The second-order valence-electron chi connectivity index (χ2n) is 8.11. The van der Waals surface area contributed by atoms with Crippen LogP contribution in [0.4, 0.5) is 19.0 Å². The number of alkyl halides is 3. The van der Waals surface area contributed by atoms with Crippen molar-refractivity contribution in [1.82, 2.24) is 9.97 Å². The standard InChI is InChI=1S/C20H26F3N5O/c1-19(2,29)14-4-6-15(7-5-14)27-17(24)13-9-12-3-8-16(26-11-20(21,22)23)28-18(12)25-10-13/h3,8-10,14-15,29H,4-7,11H2,1-2H3,(H2,24,27)(H,25,26,28). The Morgan fingerprint density at radius 3 is 2.55 bits per heavy atom. The fourth-order valence-electron chi connectivity index (χ4n) is 3.62. The minimum absolute atomic E-state index is 0.108. The summed E-state index contributed by atoms with van der Waals surface area (Å²) in [5.41, 5.74) is 6.47. The van der Waals surface area contributed by atoms with E-state index >= 15 is 0 Å². The number of nitrogens with two attached hydrogens (primary N) is 1. The molecule has 6 nitrogen and oxygen atoms in total. The summed E-state index contributed by atoms with van der Waals surface area (Å²) in [6.07, 6.45) is 0.754. The number of aromatic nitrogens is 2. The van der Waals surface area contributed by atoms with Crippen molar-refractivity contribution in [1.29, 1.82) is 0 Å². The second kappa shape index (κ2) is 8.14. The van der Waals surface area contributed by atoms with Crippen LogP contribution in [-0.4, -0.2) is 45.3 Å². The van der Waals surface area contributed by atoms with Gasteiger partial charge in [0.1, 0.15) is 18.2 Å². The molecule has 0 saturated heterocycles. The van der Waals surface area contributed by atoms with E-state index < -0.39 is 18.3 Å². The molecule has 0 aromatic carbocycles. The van der Waals surface area contributed by atoms with Crippen LogP contribution < -0.4 is 11.1 Å². The van der Waals surface area contributed by atoms with E-state index in [4.69, 9.17) is 5.73 Å². The molecule has 0 aliphatic heterocycles. The zero-order valence-electron chi connectivity index (χ0n) is 16.5. The molecule has 0 radical (unpaired) electrons. The number of hydrogen-bond acceptors (Lipinski definition) is 5. The van der Waals surface area contributed by atoms with Gasteiger partial charge in [-0.3, -0.25) is 4.99 Å². The number of aliphatic imine (C=N–C) groups is 1. The third-order valence-electron chi connectivity index (χ3n) is 5.33. The first kappa shape index (κ1) is 21.3. The summed E-state index contributed by atoms with van der Waals surface area (Å²) in [6.45, 7) is 2.53. The number of pyridine rings is 2. The molecule has 0 bridgehead atoms. The number of hydrogen-bond donors (Lipinski definition) is 3. The molecule has 1 fully saturated rings. The molecular formula is C20H26F3N5O. The lowest BCUT2D eigenvalue weighted by Crippen LogP contribution is -2.35. The molecule has 1 aliphatic carbocycles. The van der Waals surface area contributed by atoms with Gasteiger partial charge in [-0.05, 0) is 63.6 Å². The summed E-state index contributed by atoms with van der Waals surface area (Å²) in [5, 5.41) is 13.1. The van der Waals surface area contributed by atoms with E-state index in [1.165, 1.54) is 12.3 Å². The maximum atomic E-state index is 12.3. The second-order valence-corrected chi connectivity index (χ2v) is 8.11. The van der Waals surface area contributed by atoms with Gasteiger partial charge in [0, 0.05) is 17.1 Å². The van der Waals surface area contributed by atoms with Gasteiger partial charge in [0.25, 0.3) is 0 Å². The van der Waals surface area contributed by atoms with E-state index in [9.17, 15) is 18.3 Å². The predicted molar refractivity (Wildman–Crippen MR) is 107 cm³/mol. The molecule has 2 aromatic rings. The van der Waals surface area contributed by atoms with Crippen LogP contribution in [0.25, 0.3) is 11.0 Å². The zero-order chi connectivity index (χ0) is 21.2. The normalized spacial score (nSPS) is 21.4. The van der Waals surface area contributed by atoms with Crippen LogP contribution in [0.3, 0.4) is 0 Å². The van der Waals surface area contributed by atoms with E-state index in [2.05, 4.69) is 20.3 Å². The molecule has 29 heavy (non-hydrogen) atoms. The highest BCUT2D eigenvalue weighted by Crippen LogP contribution is 2.33. The largest absolute Gasteiger partial charge is 0.405 e. The monoisotopic (exact) mass is 409 g/mol. The smallest absolute Gasteiger partial charge is 0.390 e. The summed E-state index contributed by atoms with van der Waals surface area (Å²) in [7, 11) is 0. The Balaban J connectivity index is 1.69. The Labute approximate surface area is 167 Å². The Hall–Kier alpha value is -2.42. The minimum Gasteiger partial charge on any atom is -0.390 e. The first-order valence-corrected chi connectivity index (χ1v) is 9.65. The molecule has 0 spiro atoms. The average molecular weight is 409 g/mol. The van der Waals surface area contributed by atoms with Gasteiger partial charge in [-0.25, -0.2) is 9.97 Å². The SMILES string of the molecule is CC(C)(O)C1CCC(N=C(N)c2cnc3nc(NCC(F)(F)F)ccc3c2)CC1. The number of rotatable bonds is 5. The number of aliphatic hydroxyl groups is 1. The van der Waals surface area contributed by atoms with Gasteiger partial charge in [0.2, 0.25) is 0 Å². The first-order valence-electron chi connectivity index (χ1n) is 9.65. The third kappa shape index (κ3) is 5.79. The van der Waals surface area contributed by atoms with Crippen LogP contribution in [0.5, 0.6) is 0 Å². The Kier molecular flexibility index (Phi) is 5.97. The van der Waals surface area contributed by atoms with Crippen LogP contribution in [-0.2, 0) is 0 Å². The van der Waals surface area contributed by atoms with Gasteiger partial charge >= 0.3 is 6.18 Å². The molecule has 3 rings (SSSR count). The van der Waals surface area contributed by atoms with E-state index in [1.807, 2.05) is 13.8 Å². The van der Waals surface area contributed by atoms with E-state index in [0.29, 0.717) is 22.4 Å². The maximum Gasteiger partial charge on any atom is 0.405 e. The van der Waals surface area contributed by atoms with Gasteiger partial charge in [-0.2, -0.15) is 13.2 Å². The van der Waals surface area contributed by atoms with E-state index in [1.54, 1.807) is 12.1 Å². The van der Waals surface area contributed by atoms with Crippen molar-refractivity contribution in [3.8, 4) is 0 Å². The van der Waals surface area contributed by atoms with Gasteiger partial charge in [0.15, 0.2) is 5.65 Å². The first-order chi connectivity index (χ1) is 13.5. The van der Waals surface area contributed by atoms with Gasteiger partial charge in [0.05, 0.1) is 11.6 Å². The van der Waals surface area contributed by atoms with E-state index in [-0.39, 0.29) is 17.8 Å². The van der Waals surface area contributed by atoms with Gasteiger partial charge in [-0.15, -0.1) is 0 Å². The summed E-state index contributed by atoms with van der Waals surface area (Å²) >= 11 is 0. The molecular weight excluding hydrogens is 383 g/mol. The van der Waals surface area contributed by atoms with Crippen molar-refractivity contribution in [3.63, 3.8) is 0 Å². The van der Waals surface area contributed by atoms with Gasteiger partial charge in [-0.1, -0.05) is 0 Å². The molecule has 0 amide bonds. The molecule has 0 atom stereocenters. The average Bonchev–Trinajstić information content (AvgIpc) is 2.65. The topological polar surface area (TPSA) is 96.4 Å². The van der Waals surface area contributed by atoms with Crippen molar-refractivity contribution in [2.24, 2.45) is 16.6 Å². The van der Waals surface area contributed by atoms with E-state index in [0.717, 1.165) is 25.7 Å². The molecule has 158 valence electrons. The Morgan fingerprint density at radius 1 is 1.24 bits per heavy atom. The van der Waals surface area contributed by atoms with Gasteiger partial charge < -0.3 is 16.2 Å². The molecule has 0 unspecified atom stereocenters. The number of halogens is 3. The lowest BCUT2D eigenvalue weighted by atomic mass is 9.77. The van der Waals surface area contributed by atoms with Crippen LogP contribution in [0, 0.1) is 5.92 Å². The molecule has 1 saturated carbocycles. The van der Waals surface area contributed by atoms with Crippen molar-refractivity contribution in [3.05, 3.63) is 30.0 Å². The van der Waals surface area contributed by atoms with Crippen molar-refractivity contribution < 1.29 is 18.3 Å². The maximum absolute atomic E-state index is 12.3. The fraction of sp³-hybridized carbons (Fsp3) is 0.550. The molecule has 2 heterocycles. The highest BCUT2D eigenvalue weighted by atomic mass is 19.4. The lowest BCUT2D eigenvalue weighted by molar-refractivity contribution is -0.115. The number of fused-ring (bicyclic) bond motifs is 1. The van der Waals surface area contributed by atoms with Crippen molar-refractivity contribution >= 4 is 22.7 Å². The fourth-order valence-corrected chi connectivity index (χ4v) is 3.62. The molecule has 9 heteroatoms. The third-order valence-corrected chi connectivity index (χ3v) is 5.33. The van der Waals surface area contributed by atoms with Crippen LogP contribution in [0.15, 0.2) is 29.4 Å².